The average molecular weight is 2430 g/mol. The predicted octanol–water partition coefficient (Wildman–Crippen LogP) is 24.5. The van der Waals surface area contributed by atoms with Crippen molar-refractivity contribution in [2.45, 2.75) is 58.5 Å². The van der Waals surface area contributed by atoms with Crippen molar-refractivity contribution in [3.05, 3.63) is 456 Å². The number of rotatable bonds is 11. The van der Waals surface area contributed by atoms with Gasteiger partial charge in [-0.05, 0) is 338 Å². The van der Waals surface area contributed by atoms with E-state index in [-0.39, 0.29) is 85.8 Å². The zero-order valence-electron chi connectivity index (χ0n) is 76.3. The number of aromatic hydroxyl groups is 1. The van der Waals surface area contributed by atoms with Crippen LogP contribution in [0.15, 0.2) is 361 Å². The number of halogens is 18. The van der Waals surface area contributed by atoms with E-state index in [0.717, 1.165) is 83.9 Å². The number of alkyl halides is 8. The number of aromatic amines is 1. The van der Waals surface area contributed by atoms with Crippen LogP contribution < -0.4 is 33.3 Å². The number of aliphatic hydroxyl groups excluding tert-OH is 4. The molecule has 1 aliphatic rings. The zero-order chi connectivity index (χ0) is 107. The van der Waals surface area contributed by atoms with Gasteiger partial charge in [-0.3, -0.25) is 42.2 Å². The second-order valence-corrected chi connectivity index (χ2v) is 40.5. The number of phenols is 1. The quantitative estimate of drug-likeness (QED) is 0.0192. The van der Waals surface area contributed by atoms with Gasteiger partial charge in [-0.2, -0.15) is 26.3 Å². The number of H-pyrrole nitrogens is 1. The number of hydrogen-bond acceptors (Lipinski definition) is 15. The fourth-order valence-corrected chi connectivity index (χ4v) is 14.9. The molecule has 1 fully saturated rings. The summed E-state index contributed by atoms with van der Waals surface area (Å²) in [4.78, 5) is 64.8. The molecule has 8 N–H and O–H groups in total. The van der Waals surface area contributed by atoms with Gasteiger partial charge in [0.2, 0.25) is 0 Å². The number of nitrogens with zero attached hydrogens (tertiary/aromatic N) is 5. The van der Waals surface area contributed by atoms with E-state index in [9.17, 15) is 87.6 Å². The Morgan fingerprint density at radius 3 is 1.12 bits per heavy atom. The summed E-state index contributed by atoms with van der Waals surface area (Å²) in [6, 6.07) is 73.0. The van der Waals surface area contributed by atoms with Crippen LogP contribution >= 0.6 is 122 Å². The van der Waals surface area contributed by atoms with Gasteiger partial charge in [-0.25, -0.2) is 22.0 Å². The van der Waals surface area contributed by atoms with Crippen LogP contribution in [0.25, 0.3) is 98.9 Å². The summed E-state index contributed by atoms with van der Waals surface area (Å²) < 4.78 is 157. The van der Waals surface area contributed by atoms with Crippen LogP contribution in [0.3, 0.4) is 0 Å². The summed E-state index contributed by atoms with van der Waals surface area (Å²) in [5.41, 5.74) is 5.64. The van der Waals surface area contributed by atoms with Crippen molar-refractivity contribution in [1.82, 2.24) is 23.3 Å². The molecule has 146 heavy (non-hydrogen) atoms. The van der Waals surface area contributed by atoms with Crippen LogP contribution in [0.1, 0.15) is 51.8 Å². The Bertz CT molecular complexity index is 7690. The van der Waals surface area contributed by atoms with Crippen molar-refractivity contribution < 1.29 is 88.6 Å². The summed E-state index contributed by atoms with van der Waals surface area (Å²) in [5, 5.41) is 69.7. The van der Waals surface area contributed by atoms with E-state index in [1.54, 1.807) is 140 Å². The summed E-state index contributed by atoms with van der Waals surface area (Å²) >= 11 is 27.6. The maximum absolute atomic E-state index is 13.3. The van der Waals surface area contributed by atoms with E-state index < -0.39 is 47.8 Å². The first-order chi connectivity index (χ1) is 69.6. The van der Waals surface area contributed by atoms with E-state index in [2.05, 4.69) is 116 Å². The first-order valence-corrected chi connectivity index (χ1v) is 49.2. The van der Waals surface area contributed by atoms with Crippen molar-refractivity contribution in [3.63, 3.8) is 0 Å². The summed E-state index contributed by atoms with van der Waals surface area (Å²) in [7, 11) is 2.99. The molecule has 6 heterocycles. The number of thiol groups is 1. The molecule has 19 nitrogen and oxygen atoms in total. The number of nitrogens with one attached hydrogen (secondary N) is 1. The van der Waals surface area contributed by atoms with Gasteiger partial charge >= 0.3 is 47.4 Å². The molecule has 18 aromatic rings. The first-order valence-electron chi connectivity index (χ1n) is 43.1. The van der Waals surface area contributed by atoms with Gasteiger partial charge in [0.05, 0.1) is 42.9 Å². The first kappa shape index (κ1) is 118. The zero-order valence-corrected chi connectivity index (χ0v) is 87.2. The Labute approximate surface area is 891 Å². The third kappa shape index (κ3) is 34.4. The average Bonchev–Trinajstić information content (AvgIpc) is 0.802. The Morgan fingerprint density at radius 1 is 0.432 bits per heavy atom. The van der Waals surface area contributed by atoms with E-state index >= 15 is 0 Å². The molecule has 5 aromatic heterocycles. The number of aryl methyl sites for hydroxylation is 1. The second kappa shape index (κ2) is 57.5. The molecule has 0 aliphatic carbocycles. The Hall–Kier alpha value is -11.8. The molecule has 753 valence electrons. The second-order valence-electron chi connectivity index (χ2n) is 30.9. The van der Waals surface area contributed by atoms with Gasteiger partial charge < -0.3 is 45.3 Å². The van der Waals surface area contributed by atoms with Gasteiger partial charge in [0.25, 0.3) is 27.8 Å². The Balaban J connectivity index is 0.000000191. The van der Waals surface area contributed by atoms with Crippen LogP contribution in [-0.4, -0.2) is 95.3 Å². The van der Waals surface area contributed by atoms with Gasteiger partial charge in [0, 0.05) is 124 Å². The number of hydrogen-bond donors (Lipinski definition) is 9. The third-order valence-electron chi connectivity index (χ3n) is 21.1. The molecule has 13 aromatic carbocycles. The topological polar surface area (TPSA) is 284 Å². The molecule has 0 unspecified atom stereocenters. The normalized spacial score (nSPS) is 11.1. The number of aliphatic hydroxyl groups is 4. The van der Waals surface area contributed by atoms with Crippen LogP contribution in [0, 0.1) is 39.6 Å². The monoisotopic (exact) mass is 2420 g/mol. The third-order valence-corrected chi connectivity index (χ3v) is 22.5. The van der Waals surface area contributed by atoms with Gasteiger partial charge in [0.15, 0.2) is 0 Å². The maximum atomic E-state index is 13.3. The number of phenolic OH excluding ortho intramolecular Hbond substituents is 1. The van der Waals surface area contributed by atoms with Crippen LogP contribution in [0.5, 0.6) is 5.75 Å². The molecule has 0 spiro atoms. The molecule has 0 amide bonds. The van der Waals surface area contributed by atoms with Crippen molar-refractivity contribution in [1.29, 1.82) is 0 Å². The SMILES string of the molecule is BrB(Br)Br.C1CCOC1.Cc1ccc(B(O)O)cc1.ClCCl.Fc1ccc(I)cc1.O=c1[nH]ccc2cc(CO)ccc12.O=c1c2ccc(CO)cc2c(-c2ccc(C(F)(F)F)cc2)cn1-c1ccc(F)cc1.O=c1c2ccc(CO)cc2c(Br)cn1-c1ccc(F)cc1.O=c1c2ccc(CO)cc2ccn1-c1ccc(F)cc1.O=c1c2ccc(O)cc2c(-c2ccc(C(F)(F)F)cc2)cn1-c1ccc(F)cc1.[B]=NS. The van der Waals surface area contributed by atoms with E-state index in [4.69, 9.17) is 48.2 Å². The van der Waals surface area contributed by atoms with E-state index in [1.807, 2.05) is 31.2 Å². The number of aromatic nitrogens is 5. The molecule has 1 saturated heterocycles. The fourth-order valence-electron chi connectivity index (χ4n) is 14.0. The van der Waals surface area contributed by atoms with Crippen molar-refractivity contribution >= 4 is 199 Å². The van der Waals surface area contributed by atoms with E-state index in [1.165, 1.54) is 171 Å². The number of fused-ring (bicyclic) bond motifs is 5. The Kier molecular flexibility index (Phi) is 46.4. The molecule has 1 radical (unpaired) electrons. The molecule has 0 saturated carbocycles. The summed E-state index contributed by atoms with van der Waals surface area (Å²) in [6.07, 6.45) is 1.52. The molecular formula is C105H84B3Br4Cl2F11IN6O13S. The molecule has 0 bridgehead atoms. The van der Waals surface area contributed by atoms with Crippen LogP contribution in [0.2, 0.25) is 0 Å². The summed E-state index contributed by atoms with van der Waals surface area (Å²) in [5.74, 6) is -1.86. The van der Waals surface area contributed by atoms with Crippen molar-refractivity contribution in [2.24, 2.45) is 4.30 Å². The van der Waals surface area contributed by atoms with Crippen LogP contribution in [-0.2, 0) is 43.5 Å². The van der Waals surface area contributed by atoms with Crippen molar-refractivity contribution in [2.75, 3.05) is 18.6 Å². The standard InChI is InChI=1S/C23H15F4NO2.C22H13F4NO2.C16H11BrFNO2.C16H12FNO2.C10H9NO2.C7H9BO2.C6H4FI.C4H8O.CH2Cl2.BBr3.BHNS/c24-17-6-8-18(9-7-17)28-12-21(15-2-4-16(5-3-15)23(25,26)27)20-11-14(13-29)1-10-19(20)22(28)30;23-15-5-7-16(8-6-15)27-12-20(13-1-3-14(4-2-13)22(24,25)26)19-11-17(28)9-10-18(19)21(27)29;17-15-8-19(12-4-2-11(18)3-5-12)16(21)13-6-1-10(9-20)7-14(13)15;17-13-2-4-14(5-3-13)18-8-7-12-9-11(10-19)1-6-15(12)16(18)20;12-6-7-1-2-9-8(5-7)3-4-11-10(9)13;1-6-2-4-7(5-3-6)8(9)10;7-5-1-3-6(8)4-2-5;1-2-4-5-3-1;2-1-3;2-1(3)4;1-2-3/h1-12,29H,13H2;1-12,28H;1-8,20H,9H2;1-9,19H,10H2;1-5,12H,6H2,(H,11,13);2-5,9-10H,1H3;1-4H;1-4H2;1H2;;3H. The van der Waals surface area contributed by atoms with Gasteiger partial charge in [-0.15, -0.1) is 70.5 Å². The number of benzene rings is 13. The number of pyridine rings is 5. The predicted molar refractivity (Wildman–Crippen MR) is 583 cm³/mol. The molecule has 1 aliphatic heterocycles. The minimum absolute atomic E-state index is 0.00272. The summed E-state index contributed by atoms with van der Waals surface area (Å²) in [6.45, 7) is 3.57. The van der Waals surface area contributed by atoms with Crippen molar-refractivity contribution in [3.8, 4) is 50.8 Å². The molecule has 19 rings (SSSR count). The minimum atomic E-state index is -4.47. The molecule has 0 atom stereocenters. The number of ether oxygens (including phenoxy) is 1. The molecule has 41 heteroatoms. The Morgan fingerprint density at radius 2 is 0.753 bits per heavy atom. The molecular weight excluding hydrogens is 2340 g/mol. The van der Waals surface area contributed by atoms with Crippen LogP contribution in [0.4, 0.5) is 48.3 Å². The fraction of sp³-hybridized carbons (Fsp3) is 0.114. The van der Waals surface area contributed by atoms with E-state index in [0.29, 0.717) is 88.3 Å². The van der Waals surface area contributed by atoms with Gasteiger partial charge in [-0.1, -0.05) is 78.4 Å². The van der Waals surface area contributed by atoms with Gasteiger partial charge in [0.1, 0.15) is 34.8 Å².